The average Bonchev–Trinajstić information content (AvgIpc) is 3.13. The number of nitrogens with one attached hydrogen (secondary N) is 1. The molecule has 2 aromatic heterocycles. The third-order valence-electron chi connectivity index (χ3n) is 4.64. The summed E-state index contributed by atoms with van der Waals surface area (Å²) >= 11 is 0. The van der Waals surface area contributed by atoms with Crippen molar-refractivity contribution in [1.82, 2.24) is 19.6 Å². The number of H-pyrrole nitrogens is 1. The zero-order chi connectivity index (χ0) is 19.5. The van der Waals surface area contributed by atoms with Gasteiger partial charge in [0.1, 0.15) is 0 Å². The molecule has 0 unspecified atom stereocenters. The largest absolute Gasteiger partial charge is 0.366 e. The summed E-state index contributed by atoms with van der Waals surface area (Å²) in [6, 6.07) is 19.7. The van der Waals surface area contributed by atoms with Crippen LogP contribution in [-0.2, 0) is 6.54 Å². The van der Waals surface area contributed by atoms with Gasteiger partial charge in [-0.1, -0.05) is 49.4 Å². The molecule has 0 bridgehead atoms. The maximum absolute atomic E-state index is 12.6. The Morgan fingerprint density at radius 1 is 1.04 bits per heavy atom. The second-order valence-corrected chi connectivity index (χ2v) is 6.92. The lowest BCUT2D eigenvalue weighted by molar-refractivity contribution is 0.747. The summed E-state index contributed by atoms with van der Waals surface area (Å²) in [6.45, 7) is 5.68. The molecule has 0 saturated heterocycles. The Morgan fingerprint density at radius 3 is 2.61 bits per heavy atom. The van der Waals surface area contributed by atoms with Gasteiger partial charge in [-0.05, 0) is 31.0 Å². The fraction of sp³-hybridized carbons (Fsp3) is 0.227. The number of hydrogen-bond donors (Lipinski definition) is 1. The Balaban J connectivity index is 1.69. The topological polar surface area (TPSA) is 66.3 Å². The molecule has 4 rings (SSSR count). The number of aryl methyl sites for hydroxylation is 1. The third kappa shape index (κ3) is 3.67. The van der Waals surface area contributed by atoms with E-state index in [-0.39, 0.29) is 5.56 Å². The molecule has 0 aliphatic carbocycles. The predicted octanol–water partition coefficient (Wildman–Crippen LogP) is 3.81. The molecule has 0 aliphatic rings. The van der Waals surface area contributed by atoms with Gasteiger partial charge >= 0.3 is 0 Å². The number of anilines is 1. The lowest BCUT2D eigenvalue weighted by Gasteiger charge is -2.24. The quantitative estimate of drug-likeness (QED) is 0.558. The maximum Gasteiger partial charge on any atom is 0.274 e. The fourth-order valence-corrected chi connectivity index (χ4v) is 3.32. The first kappa shape index (κ1) is 18.0. The van der Waals surface area contributed by atoms with E-state index in [9.17, 15) is 4.79 Å². The van der Waals surface area contributed by atoms with Gasteiger partial charge in [-0.15, -0.1) is 0 Å². The van der Waals surface area contributed by atoms with Gasteiger partial charge in [0.25, 0.3) is 11.3 Å². The number of fused-ring (bicyclic) bond motifs is 1. The summed E-state index contributed by atoms with van der Waals surface area (Å²) in [5, 5.41) is 3.04. The van der Waals surface area contributed by atoms with Crippen molar-refractivity contribution < 1.29 is 0 Å². The molecule has 142 valence electrons. The van der Waals surface area contributed by atoms with E-state index < -0.39 is 0 Å². The monoisotopic (exact) mass is 373 g/mol. The van der Waals surface area contributed by atoms with Gasteiger partial charge < -0.3 is 4.90 Å². The molecule has 2 heterocycles. The van der Waals surface area contributed by atoms with Crippen LogP contribution in [-0.4, -0.2) is 26.1 Å². The highest BCUT2D eigenvalue weighted by Gasteiger charge is 2.13. The number of aromatic amines is 1. The molecule has 0 fully saturated rings. The summed E-state index contributed by atoms with van der Waals surface area (Å²) in [5.74, 6) is 1.02. The minimum absolute atomic E-state index is 0.157. The molecule has 2 aromatic carbocycles. The second-order valence-electron chi connectivity index (χ2n) is 6.92. The summed E-state index contributed by atoms with van der Waals surface area (Å²) in [5.41, 5.74) is 3.82. The van der Waals surface area contributed by atoms with Gasteiger partial charge in [0.2, 0.25) is 0 Å². The van der Waals surface area contributed by atoms with Crippen LogP contribution in [0.5, 0.6) is 0 Å². The Morgan fingerprint density at radius 2 is 1.86 bits per heavy atom. The molecular formula is C22H23N5O. The van der Waals surface area contributed by atoms with Crippen molar-refractivity contribution in [3.05, 3.63) is 82.3 Å². The molecule has 0 amide bonds. The molecule has 6 nitrogen and oxygen atoms in total. The molecule has 0 saturated carbocycles. The fourth-order valence-electron chi connectivity index (χ4n) is 3.32. The van der Waals surface area contributed by atoms with Gasteiger partial charge in [0, 0.05) is 23.9 Å². The van der Waals surface area contributed by atoms with Crippen LogP contribution in [0.2, 0.25) is 0 Å². The molecule has 0 atom stereocenters. The minimum atomic E-state index is -0.157. The highest BCUT2D eigenvalue weighted by Crippen LogP contribution is 2.19. The summed E-state index contributed by atoms with van der Waals surface area (Å²) < 4.78 is 1.39. The number of aromatic nitrogens is 4. The lowest BCUT2D eigenvalue weighted by Crippen LogP contribution is -2.26. The number of nitrogens with zero attached hydrogens (tertiary/aromatic N) is 4. The van der Waals surface area contributed by atoms with Gasteiger partial charge in [0.15, 0.2) is 5.82 Å². The molecule has 0 spiro atoms. The van der Waals surface area contributed by atoms with E-state index in [1.54, 1.807) is 6.07 Å². The Kier molecular flexibility index (Phi) is 4.93. The molecule has 4 aromatic rings. The van der Waals surface area contributed by atoms with E-state index >= 15 is 0 Å². The van der Waals surface area contributed by atoms with Crippen LogP contribution in [0.1, 0.15) is 24.6 Å². The summed E-state index contributed by atoms with van der Waals surface area (Å²) in [6.07, 6.45) is 1.01. The lowest BCUT2D eigenvalue weighted by atomic mass is 10.2. The number of benzene rings is 2. The first-order valence-electron chi connectivity index (χ1n) is 9.50. The summed E-state index contributed by atoms with van der Waals surface area (Å²) in [7, 11) is 0. The average molecular weight is 373 g/mol. The highest BCUT2D eigenvalue weighted by molar-refractivity contribution is 5.56. The standard InChI is InChI=1S/C22H23N5O/c1-3-12-26(19-11-7-8-16(2)13-19)15-18-14-20(28)27-22(23-18)24-21(25-27)17-9-5-4-6-10-17/h4-11,13-14H,3,12,15H2,1-2H3,(H,23,24,25). The van der Waals surface area contributed by atoms with Gasteiger partial charge in [-0.2, -0.15) is 9.50 Å². The van der Waals surface area contributed by atoms with Gasteiger partial charge in [-0.25, -0.2) is 4.98 Å². The zero-order valence-corrected chi connectivity index (χ0v) is 16.1. The Bertz CT molecular complexity index is 1150. The molecule has 28 heavy (non-hydrogen) atoms. The Hall–Kier alpha value is -3.41. The predicted molar refractivity (Wildman–Crippen MR) is 112 cm³/mol. The van der Waals surface area contributed by atoms with Crippen LogP contribution >= 0.6 is 0 Å². The molecule has 0 radical (unpaired) electrons. The maximum atomic E-state index is 12.6. The minimum Gasteiger partial charge on any atom is -0.366 e. The van der Waals surface area contributed by atoms with Crippen molar-refractivity contribution >= 4 is 11.5 Å². The Labute approximate surface area is 163 Å². The zero-order valence-electron chi connectivity index (χ0n) is 16.1. The second kappa shape index (κ2) is 7.68. The number of rotatable bonds is 6. The van der Waals surface area contributed by atoms with Crippen LogP contribution in [0.15, 0.2) is 65.5 Å². The molecule has 6 heteroatoms. The van der Waals surface area contributed by atoms with Crippen molar-refractivity contribution in [2.24, 2.45) is 0 Å². The van der Waals surface area contributed by atoms with Crippen molar-refractivity contribution in [2.45, 2.75) is 26.8 Å². The van der Waals surface area contributed by atoms with E-state index in [0.717, 1.165) is 24.2 Å². The highest BCUT2D eigenvalue weighted by atomic mass is 16.1. The van der Waals surface area contributed by atoms with E-state index in [2.05, 4.69) is 58.1 Å². The van der Waals surface area contributed by atoms with Crippen LogP contribution in [0, 0.1) is 6.92 Å². The van der Waals surface area contributed by atoms with E-state index in [0.29, 0.717) is 23.8 Å². The summed E-state index contributed by atoms with van der Waals surface area (Å²) in [4.78, 5) is 24.0. The van der Waals surface area contributed by atoms with E-state index in [1.807, 2.05) is 30.3 Å². The van der Waals surface area contributed by atoms with Crippen LogP contribution in [0.25, 0.3) is 17.2 Å². The van der Waals surface area contributed by atoms with E-state index in [4.69, 9.17) is 0 Å². The molecule has 0 aliphatic heterocycles. The first-order valence-corrected chi connectivity index (χ1v) is 9.50. The first-order chi connectivity index (χ1) is 13.6. The number of hydrogen-bond acceptors (Lipinski definition) is 4. The van der Waals surface area contributed by atoms with Crippen LogP contribution in [0.4, 0.5) is 5.69 Å². The van der Waals surface area contributed by atoms with Gasteiger partial charge in [0.05, 0.1) is 12.2 Å². The SMILES string of the molecule is CCCN(Cc1cc(=O)n2[nH]c(-c3ccccc3)nc2n1)c1cccc(C)c1. The van der Waals surface area contributed by atoms with Crippen LogP contribution < -0.4 is 10.5 Å². The van der Waals surface area contributed by atoms with Crippen molar-refractivity contribution in [1.29, 1.82) is 0 Å². The van der Waals surface area contributed by atoms with Gasteiger partial charge in [-0.3, -0.25) is 9.89 Å². The van der Waals surface area contributed by atoms with Crippen molar-refractivity contribution in [3.8, 4) is 11.4 Å². The van der Waals surface area contributed by atoms with Crippen molar-refractivity contribution in [2.75, 3.05) is 11.4 Å². The molecular weight excluding hydrogens is 350 g/mol. The molecule has 1 N–H and O–H groups in total. The smallest absolute Gasteiger partial charge is 0.274 e. The normalized spacial score (nSPS) is 11.1. The van der Waals surface area contributed by atoms with Crippen LogP contribution in [0.3, 0.4) is 0 Å². The third-order valence-corrected chi connectivity index (χ3v) is 4.64. The van der Waals surface area contributed by atoms with E-state index in [1.165, 1.54) is 10.1 Å². The van der Waals surface area contributed by atoms with Crippen molar-refractivity contribution in [3.63, 3.8) is 0 Å².